The molecule has 0 bridgehead atoms. The first-order valence-electron chi connectivity index (χ1n) is 12.3. The van der Waals surface area contributed by atoms with E-state index in [1.807, 2.05) is 12.1 Å². The fourth-order valence-electron chi connectivity index (χ4n) is 5.18. The zero-order valence-corrected chi connectivity index (χ0v) is 22.7. The van der Waals surface area contributed by atoms with Gasteiger partial charge in [0, 0.05) is 30.0 Å². The summed E-state index contributed by atoms with van der Waals surface area (Å²) in [4.78, 5) is 30.4. The number of ketones is 1. The number of aliphatic hydroxyl groups excluding tert-OH is 1. The molecule has 1 N–H and O–H groups in total. The van der Waals surface area contributed by atoms with Gasteiger partial charge in [-0.3, -0.25) is 14.5 Å². The van der Waals surface area contributed by atoms with Crippen LogP contribution in [0.5, 0.6) is 11.5 Å². The molecule has 0 aliphatic carbocycles. The number of anilines is 2. The predicted octanol–water partition coefficient (Wildman–Crippen LogP) is 6.38. The van der Waals surface area contributed by atoms with Crippen molar-refractivity contribution in [1.29, 1.82) is 0 Å². The van der Waals surface area contributed by atoms with Gasteiger partial charge in [0.05, 0.1) is 36.4 Å². The summed E-state index contributed by atoms with van der Waals surface area (Å²) in [5, 5.41) is 11.5. The Morgan fingerprint density at radius 2 is 1.56 bits per heavy atom. The summed E-state index contributed by atoms with van der Waals surface area (Å²) in [6, 6.07) is 13.0. The number of methoxy groups -OCH3 is 2. The molecule has 2 heterocycles. The molecule has 1 amide bonds. The zero-order chi connectivity index (χ0) is 27.8. The number of halogens is 3. The largest absolute Gasteiger partial charge is 0.507 e. The second kappa shape index (κ2) is 10.8. The van der Waals surface area contributed by atoms with E-state index in [4.69, 9.17) is 32.7 Å². The number of nitrogens with zero attached hydrogens (tertiary/aromatic N) is 2. The van der Waals surface area contributed by atoms with Crippen molar-refractivity contribution in [3.8, 4) is 11.5 Å². The lowest BCUT2D eigenvalue weighted by atomic mass is 9.94. The molecule has 1 atom stereocenters. The fraction of sp³-hybridized carbons (Fsp3) is 0.241. The maximum absolute atomic E-state index is 15.2. The number of hydrogen-bond donors (Lipinski definition) is 1. The van der Waals surface area contributed by atoms with E-state index in [-0.39, 0.29) is 38.2 Å². The van der Waals surface area contributed by atoms with Gasteiger partial charge in [-0.05, 0) is 49.2 Å². The van der Waals surface area contributed by atoms with Crippen molar-refractivity contribution in [2.75, 3.05) is 37.1 Å². The van der Waals surface area contributed by atoms with E-state index in [9.17, 15) is 14.7 Å². The first-order valence-corrected chi connectivity index (χ1v) is 13.0. The normalized spacial score (nSPS) is 18.6. The van der Waals surface area contributed by atoms with Crippen LogP contribution in [0.2, 0.25) is 10.0 Å². The van der Waals surface area contributed by atoms with Crippen molar-refractivity contribution in [2.24, 2.45) is 0 Å². The lowest BCUT2D eigenvalue weighted by Gasteiger charge is -2.27. The zero-order valence-electron chi connectivity index (χ0n) is 21.2. The third kappa shape index (κ3) is 4.57. The number of aliphatic hydroxyl groups is 1. The van der Waals surface area contributed by atoms with Gasteiger partial charge in [-0.25, -0.2) is 4.39 Å². The SMILES string of the molecule is COc1c(Cl)cc(/C(O)=C2\C(=O)C(=O)N(c3ccc(N4CCCC4)cc3)C2c2ccccc2F)c(OC)c1Cl. The number of amides is 1. The summed E-state index contributed by atoms with van der Waals surface area (Å²) in [7, 11) is 2.69. The molecule has 3 aromatic rings. The smallest absolute Gasteiger partial charge is 0.300 e. The lowest BCUT2D eigenvalue weighted by Crippen LogP contribution is -2.30. The van der Waals surface area contributed by atoms with Crippen LogP contribution in [0.1, 0.15) is 30.0 Å². The molecule has 7 nitrogen and oxygen atoms in total. The summed E-state index contributed by atoms with van der Waals surface area (Å²) in [6.07, 6.45) is 2.21. The fourth-order valence-corrected chi connectivity index (χ4v) is 5.87. The minimum atomic E-state index is -1.27. The maximum atomic E-state index is 15.2. The van der Waals surface area contributed by atoms with Crippen molar-refractivity contribution in [1.82, 2.24) is 0 Å². The first kappa shape index (κ1) is 26.8. The number of Topliss-reactive ketones (excluding diaryl/α,β-unsaturated/α-hetero) is 1. The summed E-state index contributed by atoms with van der Waals surface area (Å²) in [5.74, 6) is -3.08. The highest BCUT2D eigenvalue weighted by atomic mass is 35.5. The molecular formula is C29H25Cl2FN2O5. The second-order valence-electron chi connectivity index (χ2n) is 9.19. The van der Waals surface area contributed by atoms with Crippen LogP contribution in [0.25, 0.3) is 5.76 Å². The Bertz CT molecular complexity index is 1490. The molecule has 0 aromatic heterocycles. The predicted molar refractivity (Wildman–Crippen MR) is 149 cm³/mol. The molecule has 0 radical (unpaired) electrons. The van der Waals surface area contributed by atoms with Crippen LogP contribution in [0.3, 0.4) is 0 Å². The van der Waals surface area contributed by atoms with Crippen LogP contribution in [-0.2, 0) is 9.59 Å². The van der Waals surface area contributed by atoms with E-state index in [0.717, 1.165) is 31.6 Å². The van der Waals surface area contributed by atoms with Crippen molar-refractivity contribution in [3.63, 3.8) is 0 Å². The van der Waals surface area contributed by atoms with Crippen LogP contribution < -0.4 is 19.3 Å². The average Bonchev–Trinajstić information content (AvgIpc) is 3.56. The van der Waals surface area contributed by atoms with Gasteiger partial charge in [0.2, 0.25) is 0 Å². The highest BCUT2D eigenvalue weighted by Crippen LogP contribution is 2.48. The van der Waals surface area contributed by atoms with Gasteiger partial charge in [0.25, 0.3) is 11.7 Å². The Morgan fingerprint density at radius 1 is 0.949 bits per heavy atom. The molecule has 1 unspecified atom stereocenters. The van der Waals surface area contributed by atoms with Crippen LogP contribution in [0, 0.1) is 5.82 Å². The molecule has 0 spiro atoms. The van der Waals surface area contributed by atoms with Crippen LogP contribution in [-0.4, -0.2) is 44.1 Å². The van der Waals surface area contributed by atoms with Crippen molar-refractivity contribution >= 4 is 52.0 Å². The van der Waals surface area contributed by atoms with E-state index < -0.39 is 29.3 Å². The Balaban J connectivity index is 1.70. The summed E-state index contributed by atoms with van der Waals surface area (Å²) in [5.41, 5.74) is 1.03. The van der Waals surface area contributed by atoms with Gasteiger partial charge in [0.15, 0.2) is 11.5 Å². The Hall–Kier alpha value is -3.75. The van der Waals surface area contributed by atoms with E-state index in [1.165, 1.54) is 43.4 Å². The summed E-state index contributed by atoms with van der Waals surface area (Å²) in [6.45, 7) is 1.88. The number of benzene rings is 3. The summed E-state index contributed by atoms with van der Waals surface area (Å²) < 4.78 is 25.8. The number of ether oxygens (including phenoxy) is 2. The third-order valence-corrected chi connectivity index (χ3v) is 7.66. The molecule has 2 saturated heterocycles. The minimum absolute atomic E-state index is 0.0242. The van der Waals surface area contributed by atoms with Crippen molar-refractivity contribution in [3.05, 3.63) is 87.2 Å². The quantitative estimate of drug-likeness (QED) is 0.210. The van der Waals surface area contributed by atoms with Crippen LogP contribution in [0.15, 0.2) is 60.2 Å². The molecule has 202 valence electrons. The first-order chi connectivity index (χ1) is 18.8. The highest BCUT2D eigenvalue weighted by molar-refractivity contribution is 6.52. The highest BCUT2D eigenvalue weighted by Gasteiger charge is 2.48. The molecule has 2 fully saturated rings. The summed E-state index contributed by atoms with van der Waals surface area (Å²) >= 11 is 12.7. The van der Waals surface area contributed by atoms with E-state index in [2.05, 4.69) is 4.90 Å². The molecule has 10 heteroatoms. The topological polar surface area (TPSA) is 79.3 Å². The Labute approximate surface area is 234 Å². The Morgan fingerprint density at radius 3 is 2.18 bits per heavy atom. The van der Waals surface area contributed by atoms with Gasteiger partial charge >= 0.3 is 0 Å². The van der Waals surface area contributed by atoms with Gasteiger partial charge in [-0.1, -0.05) is 41.4 Å². The maximum Gasteiger partial charge on any atom is 0.300 e. The number of rotatable bonds is 6. The third-order valence-electron chi connectivity index (χ3n) is 7.04. The van der Waals surface area contributed by atoms with Crippen molar-refractivity contribution in [2.45, 2.75) is 18.9 Å². The van der Waals surface area contributed by atoms with Gasteiger partial charge < -0.3 is 19.5 Å². The Kier molecular flexibility index (Phi) is 7.42. The standard InChI is InChI=1S/C29H25Cl2FN2O5/c1-38-27-19(15-20(30)28(39-2)23(27)31)25(35)22-24(18-7-3-4-8-21(18)32)34(29(37)26(22)36)17-11-9-16(10-12-17)33-13-5-6-14-33/h3-4,7-12,15,24,35H,5-6,13-14H2,1-2H3/b25-22+. The van der Waals surface area contributed by atoms with Gasteiger partial charge in [-0.15, -0.1) is 0 Å². The van der Waals surface area contributed by atoms with E-state index >= 15 is 4.39 Å². The van der Waals surface area contributed by atoms with Crippen LogP contribution in [0.4, 0.5) is 15.8 Å². The molecule has 0 saturated carbocycles. The molecular weight excluding hydrogens is 546 g/mol. The molecule has 3 aromatic carbocycles. The molecule has 39 heavy (non-hydrogen) atoms. The van der Waals surface area contributed by atoms with Crippen LogP contribution >= 0.6 is 23.2 Å². The molecule has 5 rings (SSSR count). The van der Waals surface area contributed by atoms with E-state index in [0.29, 0.717) is 5.69 Å². The second-order valence-corrected chi connectivity index (χ2v) is 9.97. The van der Waals surface area contributed by atoms with Gasteiger partial charge in [-0.2, -0.15) is 0 Å². The average molecular weight is 571 g/mol. The molecule has 2 aliphatic heterocycles. The monoisotopic (exact) mass is 570 g/mol. The van der Waals surface area contributed by atoms with Gasteiger partial charge in [0.1, 0.15) is 16.6 Å². The minimum Gasteiger partial charge on any atom is -0.507 e. The van der Waals surface area contributed by atoms with Crippen molar-refractivity contribution < 1.29 is 28.6 Å². The van der Waals surface area contributed by atoms with E-state index in [1.54, 1.807) is 18.2 Å². The molecule has 2 aliphatic rings. The lowest BCUT2D eigenvalue weighted by molar-refractivity contribution is -0.132. The number of carbonyl (C=O) groups excluding carboxylic acids is 2. The number of hydrogen-bond acceptors (Lipinski definition) is 6. The number of carbonyl (C=O) groups is 2.